The largest absolute Gasteiger partial charge is 0.489 e. The predicted octanol–water partition coefficient (Wildman–Crippen LogP) is 7.04. The van der Waals surface area contributed by atoms with Crippen LogP contribution in [0.4, 0.5) is 10.5 Å². The van der Waals surface area contributed by atoms with Crippen LogP contribution in [0.1, 0.15) is 16.7 Å². The summed E-state index contributed by atoms with van der Waals surface area (Å²) in [6, 6.07) is 28.4. The Kier molecular flexibility index (Phi) is 8.42. The molecule has 0 radical (unpaired) electrons. The zero-order chi connectivity index (χ0) is 28.1. The average molecular weight is 662 g/mol. The highest BCUT2D eigenvalue weighted by Crippen LogP contribution is 2.29. The van der Waals surface area contributed by atoms with E-state index in [0.717, 1.165) is 20.5 Å². The van der Waals surface area contributed by atoms with Crippen molar-refractivity contribution in [1.82, 2.24) is 5.32 Å². The van der Waals surface area contributed by atoms with Crippen LogP contribution in [0, 0.1) is 0 Å². The third-order valence-corrected chi connectivity index (χ3v) is 7.17. The molecule has 0 bridgehead atoms. The Hall–Kier alpha value is -4.21. The number of carbonyl (C=O) groups excluding carboxylic acids is 3. The van der Waals surface area contributed by atoms with Gasteiger partial charge in [-0.25, -0.2) is 9.69 Å². The van der Waals surface area contributed by atoms with Crippen molar-refractivity contribution in [2.45, 2.75) is 13.2 Å². The van der Waals surface area contributed by atoms with E-state index in [-0.39, 0.29) is 5.57 Å². The van der Waals surface area contributed by atoms with Crippen molar-refractivity contribution in [3.63, 3.8) is 0 Å². The number of imide groups is 2. The lowest BCUT2D eigenvalue weighted by Crippen LogP contribution is -2.54. The third-order valence-electron chi connectivity index (χ3n) is 6.02. The molecule has 1 aliphatic heterocycles. The molecule has 1 heterocycles. The van der Waals surface area contributed by atoms with Gasteiger partial charge in [-0.15, -0.1) is 0 Å². The summed E-state index contributed by atoms with van der Waals surface area (Å²) in [4.78, 5) is 39.4. The zero-order valence-electron chi connectivity index (χ0n) is 21.0. The van der Waals surface area contributed by atoms with Gasteiger partial charge in [0.15, 0.2) is 0 Å². The first-order valence-electron chi connectivity index (χ1n) is 12.2. The number of rotatable bonds is 8. The molecule has 4 aromatic rings. The van der Waals surface area contributed by atoms with E-state index in [4.69, 9.17) is 9.47 Å². The van der Waals surface area contributed by atoms with Crippen molar-refractivity contribution in [2.24, 2.45) is 0 Å². The summed E-state index contributed by atoms with van der Waals surface area (Å²) in [7, 11) is 0. The maximum absolute atomic E-state index is 13.3. The van der Waals surface area contributed by atoms with Crippen LogP contribution < -0.4 is 19.7 Å². The van der Waals surface area contributed by atoms with E-state index >= 15 is 0 Å². The molecule has 200 valence electrons. The molecule has 1 N–H and O–H groups in total. The Morgan fingerprint density at radius 3 is 2.12 bits per heavy atom. The Bertz CT molecular complexity index is 1590. The normalized spacial score (nSPS) is 14.3. The van der Waals surface area contributed by atoms with E-state index in [1.807, 2.05) is 54.6 Å². The molecular formula is C31H22Br2N2O5. The lowest BCUT2D eigenvalue weighted by atomic mass is 10.1. The van der Waals surface area contributed by atoms with Gasteiger partial charge in [-0.1, -0.05) is 64.5 Å². The van der Waals surface area contributed by atoms with Crippen LogP contribution in [0.3, 0.4) is 0 Å². The monoisotopic (exact) mass is 660 g/mol. The van der Waals surface area contributed by atoms with Crippen LogP contribution >= 0.6 is 31.9 Å². The summed E-state index contributed by atoms with van der Waals surface area (Å²) >= 11 is 6.91. The topological polar surface area (TPSA) is 84.9 Å². The van der Waals surface area contributed by atoms with Crippen LogP contribution in [-0.4, -0.2) is 17.8 Å². The number of urea groups is 1. The van der Waals surface area contributed by atoms with E-state index in [0.29, 0.717) is 40.4 Å². The number of ether oxygens (including phenoxy) is 2. The minimum Gasteiger partial charge on any atom is -0.489 e. The Labute approximate surface area is 247 Å². The summed E-state index contributed by atoms with van der Waals surface area (Å²) in [5, 5.41) is 2.25. The smallest absolute Gasteiger partial charge is 0.335 e. The van der Waals surface area contributed by atoms with Gasteiger partial charge in [0.1, 0.15) is 30.3 Å². The number of benzene rings is 4. The van der Waals surface area contributed by atoms with E-state index in [1.54, 1.807) is 42.5 Å². The highest BCUT2D eigenvalue weighted by molar-refractivity contribution is 9.10. The number of nitrogens with one attached hydrogen (secondary N) is 1. The molecule has 5 rings (SSSR count). The van der Waals surface area contributed by atoms with E-state index in [1.165, 1.54) is 6.08 Å². The van der Waals surface area contributed by atoms with Gasteiger partial charge in [0.2, 0.25) is 0 Å². The van der Waals surface area contributed by atoms with Crippen molar-refractivity contribution < 1.29 is 23.9 Å². The Balaban J connectivity index is 1.29. The molecule has 9 heteroatoms. The number of carbonyl (C=O) groups is 3. The van der Waals surface area contributed by atoms with Crippen LogP contribution in [0.25, 0.3) is 6.08 Å². The third kappa shape index (κ3) is 6.50. The summed E-state index contributed by atoms with van der Waals surface area (Å²) in [5.74, 6) is -0.299. The van der Waals surface area contributed by atoms with Crippen molar-refractivity contribution in [3.8, 4) is 11.5 Å². The van der Waals surface area contributed by atoms with Crippen molar-refractivity contribution in [3.05, 3.63) is 128 Å². The first kappa shape index (κ1) is 27.4. The fourth-order valence-electron chi connectivity index (χ4n) is 3.96. The fraction of sp³-hybridized carbons (Fsp3) is 0.0645. The molecule has 4 amide bonds. The summed E-state index contributed by atoms with van der Waals surface area (Å²) in [6.45, 7) is 0.759. The lowest BCUT2D eigenvalue weighted by molar-refractivity contribution is -0.122. The standard InChI is InChI=1S/C31H22Br2N2O5/c32-23-9-6-21(7-10-23)19-40-28-15-8-22(17-27(28)33)16-26-29(36)34-31(38)35(30(26)37)24-11-13-25(14-12-24)39-18-20-4-2-1-3-5-20/h1-17H,18-19H2,(H,34,36,38)/b26-16+. The number of halogens is 2. The number of amides is 4. The number of hydrogen-bond acceptors (Lipinski definition) is 5. The number of anilines is 1. The van der Waals surface area contributed by atoms with Crippen LogP contribution in [-0.2, 0) is 22.8 Å². The highest BCUT2D eigenvalue weighted by atomic mass is 79.9. The minimum atomic E-state index is -0.817. The van der Waals surface area contributed by atoms with Crippen LogP contribution in [0.15, 0.2) is 112 Å². The summed E-state index contributed by atoms with van der Waals surface area (Å²) in [5.41, 5.74) is 2.75. The molecule has 0 atom stereocenters. The van der Waals surface area contributed by atoms with Gasteiger partial charge >= 0.3 is 6.03 Å². The summed E-state index contributed by atoms with van der Waals surface area (Å²) < 4.78 is 13.3. The number of barbiturate groups is 1. The highest BCUT2D eigenvalue weighted by Gasteiger charge is 2.36. The van der Waals surface area contributed by atoms with Crippen LogP contribution in [0.2, 0.25) is 0 Å². The number of hydrogen-bond donors (Lipinski definition) is 1. The van der Waals surface area contributed by atoms with Gasteiger partial charge < -0.3 is 9.47 Å². The lowest BCUT2D eigenvalue weighted by Gasteiger charge is -2.26. The van der Waals surface area contributed by atoms with Gasteiger partial charge in [0.25, 0.3) is 11.8 Å². The Morgan fingerprint density at radius 2 is 1.43 bits per heavy atom. The molecule has 1 saturated heterocycles. The minimum absolute atomic E-state index is 0.167. The van der Waals surface area contributed by atoms with E-state index in [9.17, 15) is 14.4 Å². The van der Waals surface area contributed by atoms with E-state index < -0.39 is 17.8 Å². The van der Waals surface area contributed by atoms with Crippen LogP contribution in [0.5, 0.6) is 11.5 Å². The maximum Gasteiger partial charge on any atom is 0.335 e. The maximum atomic E-state index is 13.3. The first-order valence-corrected chi connectivity index (χ1v) is 13.8. The van der Waals surface area contributed by atoms with Gasteiger partial charge in [-0.05, 0) is 87.2 Å². The molecule has 1 fully saturated rings. The fourth-order valence-corrected chi connectivity index (χ4v) is 4.73. The quantitative estimate of drug-likeness (QED) is 0.162. The molecule has 4 aromatic carbocycles. The predicted molar refractivity (Wildman–Crippen MR) is 159 cm³/mol. The Morgan fingerprint density at radius 1 is 0.750 bits per heavy atom. The van der Waals surface area contributed by atoms with Gasteiger partial charge in [-0.2, -0.15) is 0 Å². The van der Waals surface area contributed by atoms with Crippen molar-refractivity contribution in [2.75, 3.05) is 4.90 Å². The molecule has 0 aromatic heterocycles. The molecule has 0 aliphatic carbocycles. The first-order chi connectivity index (χ1) is 19.4. The molecule has 0 saturated carbocycles. The molecule has 7 nitrogen and oxygen atoms in total. The van der Waals surface area contributed by atoms with Gasteiger partial charge in [0, 0.05) is 4.47 Å². The van der Waals surface area contributed by atoms with Gasteiger partial charge in [0.05, 0.1) is 10.2 Å². The van der Waals surface area contributed by atoms with Crippen molar-refractivity contribution in [1.29, 1.82) is 0 Å². The van der Waals surface area contributed by atoms with E-state index in [2.05, 4.69) is 37.2 Å². The molecule has 0 spiro atoms. The molecule has 1 aliphatic rings. The molecular weight excluding hydrogens is 640 g/mol. The number of nitrogens with zero attached hydrogens (tertiary/aromatic N) is 1. The second-order valence-electron chi connectivity index (χ2n) is 8.83. The van der Waals surface area contributed by atoms with Crippen molar-refractivity contribution >= 4 is 61.5 Å². The average Bonchev–Trinajstić information content (AvgIpc) is 2.96. The second-order valence-corrected chi connectivity index (χ2v) is 10.6. The molecule has 0 unspecified atom stereocenters. The SMILES string of the molecule is O=C1NC(=O)N(c2ccc(OCc3ccccc3)cc2)C(=O)/C1=C/c1ccc(OCc2ccc(Br)cc2)c(Br)c1. The second kappa shape index (κ2) is 12.3. The zero-order valence-corrected chi connectivity index (χ0v) is 24.1. The molecule has 40 heavy (non-hydrogen) atoms. The summed E-state index contributed by atoms with van der Waals surface area (Å²) in [6.07, 6.45) is 1.44. The van der Waals surface area contributed by atoms with Gasteiger partial charge in [-0.3, -0.25) is 14.9 Å².